The highest BCUT2D eigenvalue weighted by Crippen LogP contribution is 2.24. The SMILES string of the molecule is CCCNC(C(=O)OC)c1cc(Cl)cc(Cl)c1. The summed E-state index contributed by atoms with van der Waals surface area (Å²) in [7, 11) is 1.36. The average molecular weight is 276 g/mol. The molecule has 0 radical (unpaired) electrons. The molecule has 0 aliphatic rings. The fraction of sp³-hybridized carbons (Fsp3) is 0.417. The zero-order chi connectivity index (χ0) is 12.8. The van der Waals surface area contributed by atoms with Crippen LogP contribution >= 0.6 is 23.2 Å². The standard InChI is InChI=1S/C12H15Cl2NO2/c1-3-4-15-11(12(16)17-2)8-5-9(13)7-10(14)6-8/h5-7,11,15H,3-4H2,1-2H3. The Balaban J connectivity index is 2.98. The number of carbonyl (C=O) groups excluding carboxylic acids is 1. The van der Waals surface area contributed by atoms with E-state index in [9.17, 15) is 4.79 Å². The van der Waals surface area contributed by atoms with Gasteiger partial charge in [-0.05, 0) is 36.7 Å². The van der Waals surface area contributed by atoms with Gasteiger partial charge in [0.1, 0.15) is 6.04 Å². The van der Waals surface area contributed by atoms with E-state index in [-0.39, 0.29) is 5.97 Å². The van der Waals surface area contributed by atoms with Crippen LogP contribution in [0.3, 0.4) is 0 Å². The first-order chi connectivity index (χ1) is 8.08. The van der Waals surface area contributed by atoms with Gasteiger partial charge in [0.2, 0.25) is 0 Å². The van der Waals surface area contributed by atoms with Crippen LogP contribution in [0.5, 0.6) is 0 Å². The average Bonchev–Trinajstić information content (AvgIpc) is 2.28. The predicted octanol–water partition coefficient (Wildman–Crippen LogP) is 3.21. The van der Waals surface area contributed by atoms with Crippen LogP contribution in [0.15, 0.2) is 18.2 Å². The van der Waals surface area contributed by atoms with E-state index in [0.717, 1.165) is 6.42 Å². The van der Waals surface area contributed by atoms with E-state index in [1.807, 2.05) is 6.92 Å². The minimum absolute atomic E-state index is 0.350. The van der Waals surface area contributed by atoms with Crippen LogP contribution in [0.25, 0.3) is 0 Å². The van der Waals surface area contributed by atoms with Gasteiger partial charge in [-0.25, -0.2) is 4.79 Å². The molecule has 1 N–H and O–H groups in total. The van der Waals surface area contributed by atoms with E-state index in [0.29, 0.717) is 22.2 Å². The van der Waals surface area contributed by atoms with Crippen LogP contribution in [0.2, 0.25) is 10.0 Å². The van der Waals surface area contributed by atoms with Crippen molar-refractivity contribution in [1.82, 2.24) is 5.32 Å². The van der Waals surface area contributed by atoms with Gasteiger partial charge < -0.3 is 10.1 Å². The molecule has 0 aliphatic carbocycles. The third-order valence-electron chi connectivity index (χ3n) is 2.25. The van der Waals surface area contributed by atoms with Crippen molar-refractivity contribution in [2.24, 2.45) is 0 Å². The fourth-order valence-corrected chi connectivity index (χ4v) is 2.03. The van der Waals surface area contributed by atoms with Crippen LogP contribution in [0, 0.1) is 0 Å². The molecule has 0 amide bonds. The van der Waals surface area contributed by atoms with Crippen molar-refractivity contribution < 1.29 is 9.53 Å². The highest BCUT2D eigenvalue weighted by molar-refractivity contribution is 6.34. The van der Waals surface area contributed by atoms with E-state index >= 15 is 0 Å². The van der Waals surface area contributed by atoms with Gasteiger partial charge >= 0.3 is 5.97 Å². The number of benzene rings is 1. The predicted molar refractivity (Wildman–Crippen MR) is 69.5 cm³/mol. The Kier molecular flexibility index (Phi) is 5.75. The van der Waals surface area contributed by atoms with Gasteiger partial charge in [-0.2, -0.15) is 0 Å². The first kappa shape index (κ1) is 14.3. The number of esters is 1. The van der Waals surface area contributed by atoms with Crippen LogP contribution in [-0.4, -0.2) is 19.6 Å². The van der Waals surface area contributed by atoms with Gasteiger partial charge in [0, 0.05) is 10.0 Å². The van der Waals surface area contributed by atoms with Gasteiger partial charge in [-0.15, -0.1) is 0 Å². The van der Waals surface area contributed by atoms with Crippen molar-refractivity contribution in [3.8, 4) is 0 Å². The Hall–Kier alpha value is -0.770. The molecular weight excluding hydrogens is 261 g/mol. The van der Waals surface area contributed by atoms with Crippen molar-refractivity contribution in [2.75, 3.05) is 13.7 Å². The van der Waals surface area contributed by atoms with Gasteiger partial charge in [0.25, 0.3) is 0 Å². The molecule has 0 aliphatic heterocycles. The van der Waals surface area contributed by atoms with E-state index in [1.54, 1.807) is 18.2 Å². The van der Waals surface area contributed by atoms with Crippen LogP contribution in [-0.2, 0) is 9.53 Å². The number of nitrogens with one attached hydrogen (secondary N) is 1. The van der Waals surface area contributed by atoms with Gasteiger partial charge in [0.05, 0.1) is 7.11 Å². The molecule has 5 heteroatoms. The normalized spacial score (nSPS) is 12.2. The van der Waals surface area contributed by atoms with Crippen molar-refractivity contribution in [1.29, 1.82) is 0 Å². The summed E-state index contributed by atoms with van der Waals surface area (Å²) >= 11 is 11.8. The molecule has 0 spiro atoms. The minimum atomic E-state index is -0.531. The molecule has 1 aromatic rings. The number of carbonyl (C=O) groups is 1. The Morgan fingerprint density at radius 1 is 1.35 bits per heavy atom. The Morgan fingerprint density at radius 3 is 2.41 bits per heavy atom. The Labute approximate surface area is 111 Å². The molecule has 0 bridgehead atoms. The first-order valence-electron chi connectivity index (χ1n) is 5.35. The summed E-state index contributed by atoms with van der Waals surface area (Å²) in [5.74, 6) is -0.350. The molecule has 1 atom stereocenters. The van der Waals surface area contributed by atoms with Gasteiger partial charge in [-0.3, -0.25) is 0 Å². The number of rotatable bonds is 5. The van der Waals surface area contributed by atoms with E-state index < -0.39 is 6.04 Å². The summed E-state index contributed by atoms with van der Waals surface area (Å²) in [5, 5.41) is 4.10. The molecular formula is C12H15Cl2NO2. The quantitative estimate of drug-likeness (QED) is 0.839. The summed E-state index contributed by atoms with van der Waals surface area (Å²) in [6, 6.07) is 4.51. The van der Waals surface area contributed by atoms with Crippen LogP contribution in [0.1, 0.15) is 24.9 Å². The van der Waals surface area contributed by atoms with E-state index in [4.69, 9.17) is 27.9 Å². The third-order valence-corrected chi connectivity index (χ3v) is 2.69. The molecule has 1 unspecified atom stereocenters. The molecule has 0 heterocycles. The molecule has 94 valence electrons. The van der Waals surface area contributed by atoms with Crippen molar-refractivity contribution in [2.45, 2.75) is 19.4 Å². The molecule has 0 aromatic heterocycles. The molecule has 3 nitrogen and oxygen atoms in total. The lowest BCUT2D eigenvalue weighted by Gasteiger charge is -2.17. The lowest BCUT2D eigenvalue weighted by atomic mass is 10.1. The highest BCUT2D eigenvalue weighted by atomic mass is 35.5. The molecule has 0 saturated carbocycles. The van der Waals surface area contributed by atoms with E-state index in [1.165, 1.54) is 7.11 Å². The van der Waals surface area contributed by atoms with Gasteiger partial charge in [0.15, 0.2) is 0 Å². The van der Waals surface area contributed by atoms with E-state index in [2.05, 4.69) is 5.32 Å². The lowest BCUT2D eigenvalue weighted by Crippen LogP contribution is -2.30. The van der Waals surface area contributed by atoms with Crippen LogP contribution in [0.4, 0.5) is 0 Å². The zero-order valence-electron chi connectivity index (χ0n) is 9.80. The fourth-order valence-electron chi connectivity index (χ4n) is 1.49. The number of halogens is 2. The number of hydrogen-bond acceptors (Lipinski definition) is 3. The van der Waals surface area contributed by atoms with Crippen LogP contribution < -0.4 is 5.32 Å². The second-order valence-electron chi connectivity index (χ2n) is 3.61. The lowest BCUT2D eigenvalue weighted by molar-refractivity contribution is -0.143. The maximum Gasteiger partial charge on any atom is 0.327 e. The van der Waals surface area contributed by atoms with Crippen molar-refractivity contribution in [3.05, 3.63) is 33.8 Å². The summed E-state index contributed by atoms with van der Waals surface area (Å²) in [6.45, 7) is 2.73. The summed E-state index contributed by atoms with van der Waals surface area (Å²) in [4.78, 5) is 11.7. The zero-order valence-corrected chi connectivity index (χ0v) is 11.3. The minimum Gasteiger partial charge on any atom is -0.468 e. The molecule has 0 fully saturated rings. The highest BCUT2D eigenvalue weighted by Gasteiger charge is 2.21. The van der Waals surface area contributed by atoms with Crippen molar-refractivity contribution in [3.63, 3.8) is 0 Å². The second-order valence-corrected chi connectivity index (χ2v) is 4.49. The summed E-state index contributed by atoms with van der Waals surface area (Å²) in [5.41, 5.74) is 0.711. The van der Waals surface area contributed by atoms with Gasteiger partial charge in [-0.1, -0.05) is 30.1 Å². The monoisotopic (exact) mass is 275 g/mol. The Morgan fingerprint density at radius 2 is 1.94 bits per heavy atom. The smallest absolute Gasteiger partial charge is 0.327 e. The molecule has 17 heavy (non-hydrogen) atoms. The Bertz CT molecular complexity index is 376. The number of methoxy groups -OCH3 is 1. The number of ether oxygens (including phenoxy) is 1. The largest absolute Gasteiger partial charge is 0.468 e. The third kappa shape index (κ3) is 4.19. The maximum absolute atomic E-state index is 11.7. The van der Waals surface area contributed by atoms with Crippen molar-refractivity contribution >= 4 is 29.2 Å². The molecule has 1 rings (SSSR count). The second kappa shape index (κ2) is 6.84. The maximum atomic E-state index is 11.7. The topological polar surface area (TPSA) is 38.3 Å². The first-order valence-corrected chi connectivity index (χ1v) is 6.11. The number of hydrogen-bond donors (Lipinski definition) is 1. The summed E-state index contributed by atoms with van der Waals surface area (Å²) in [6.07, 6.45) is 0.918. The molecule has 0 saturated heterocycles. The molecule has 1 aromatic carbocycles. The summed E-state index contributed by atoms with van der Waals surface area (Å²) < 4.78 is 4.76.